The van der Waals surface area contributed by atoms with E-state index in [1.807, 2.05) is 48.6 Å². The zero-order valence-corrected chi connectivity index (χ0v) is 12.8. The third-order valence-corrected chi connectivity index (χ3v) is 3.84. The third kappa shape index (κ3) is 3.13. The lowest BCUT2D eigenvalue weighted by molar-refractivity contribution is 1.25. The quantitative estimate of drug-likeness (QED) is 0.505. The van der Waals surface area contributed by atoms with E-state index in [0.29, 0.717) is 0 Å². The van der Waals surface area contributed by atoms with Crippen LogP contribution in [0, 0.1) is 0 Å². The highest BCUT2D eigenvalue weighted by molar-refractivity contribution is 9.10. The lowest BCUT2D eigenvalue weighted by atomic mass is 9.99. The van der Waals surface area contributed by atoms with Crippen LogP contribution in [0.4, 0.5) is 0 Å². The number of hydrogen-bond acceptors (Lipinski definition) is 0. The van der Waals surface area contributed by atoms with Crippen molar-refractivity contribution in [3.63, 3.8) is 0 Å². The van der Waals surface area contributed by atoms with E-state index >= 15 is 0 Å². The topological polar surface area (TPSA) is 0 Å². The fourth-order valence-corrected chi connectivity index (χ4v) is 2.19. The molecule has 4 heteroatoms. The molecule has 0 saturated carbocycles. The van der Waals surface area contributed by atoms with E-state index in [9.17, 15) is 0 Å². The molecule has 16 heavy (non-hydrogen) atoms. The Hall–Kier alpha value is 0.240. The Morgan fingerprint density at radius 1 is 0.688 bits per heavy atom. The molecule has 0 aromatic rings. The van der Waals surface area contributed by atoms with E-state index in [1.54, 1.807) is 0 Å². The van der Waals surface area contributed by atoms with Crippen LogP contribution < -0.4 is 0 Å². The molecule has 0 bridgehead atoms. The van der Waals surface area contributed by atoms with E-state index in [0.717, 1.165) is 11.1 Å². The van der Waals surface area contributed by atoms with Crippen molar-refractivity contribution < 1.29 is 0 Å². The van der Waals surface area contributed by atoms with E-state index < -0.39 is 7.57 Å². The largest absolute Gasteiger partial charge is 0.136 e. The smallest absolute Gasteiger partial charge is 0.0974 e. The van der Waals surface area contributed by atoms with Gasteiger partial charge in [-0.1, -0.05) is 79.4 Å². The Kier molecular flexibility index (Phi) is 3.56. The van der Waals surface area contributed by atoms with Crippen LogP contribution in [0.1, 0.15) is 0 Å². The first-order valence-corrected chi connectivity index (χ1v) is 6.99. The average Bonchev–Trinajstić information content (AvgIpc) is 2.19. The highest BCUT2D eigenvalue weighted by atomic mass is 79.9. The highest BCUT2D eigenvalue weighted by Gasteiger charge is 2.20. The van der Waals surface area contributed by atoms with Crippen molar-refractivity contribution in [2.24, 2.45) is 0 Å². The maximum absolute atomic E-state index is 6.08. The van der Waals surface area contributed by atoms with Gasteiger partial charge in [0.05, 0.1) is 0 Å². The molecule has 0 amide bonds. The molecule has 0 unspecified atom stereocenters. The summed E-state index contributed by atoms with van der Waals surface area (Å²) in [6.45, 7) is 0. The van der Waals surface area contributed by atoms with Crippen LogP contribution in [0.2, 0.25) is 0 Å². The van der Waals surface area contributed by atoms with Crippen molar-refractivity contribution >= 4 is 55.1 Å². The standard InChI is InChI=1S/C12H8Br2Cl2/c13-11(15)5-1-9(2-6-11)10-3-7-12(14,16)8-4-10/h1-8H. The van der Waals surface area contributed by atoms with Gasteiger partial charge in [0.1, 0.15) is 7.57 Å². The van der Waals surface area contributed by atoms with Gasteiger partial charge >= 0.3 is 0 Å². The van der Waals surface area contributed by atoms with Crippen LogP contribution >= 0.6 is 55.1 Å². The van der Waals surface area contributed by atoms with Crippen molar-refractivity contribution in [1.29, 1.82) is 0 Å². The molecule has 0 nitrogen and oxygen atoms in total. The molecule has 0 fully saturated rings. The maximum atomic E-state index is 6.08. The number of rotatable bonds is 0. The first-order valence-electron chi connectivity index (χ1n) is 4.65. The lowest BCUT2D eigenvalue weighted by Crippen LogP contribution is -2.08. The fourth-order valence-electron chi connectivity index (χ4n) is 1.41. The van der Waals surface area contributed by atoms with Crippen LogP contribution in [0.3, 0.4) is 0 Å². The fraction of sp³-hybridized carbons (Fsp3) is 0.167. The number of alkyl halides is 4. The normalized spacial score (nSPS) is 37.2. The minimum Gasteiger partial charge on any atom is -0.0974 e. The average molecular weight is 383 g/mol. The van der Waals surface area contributed by atoms with E-state index in [4.69, 9.17) is 23.2 Å². The molecule has 2 aliphatic carbocycles. The Morgan fingerprint density at radius 2 is 0.938 bits per heavy atom. The predicted octanol–water partition coefficient (Wildman–Crippen LogP) is 5.20. The summed E-state index contributed by atoms with van der Waals surface area (Å²) in [5.74, 6) is 0. The summed E-state index contributed by atoms with van der Waals surface area (Å²) >= 11 is 18.9. The number of allylic oxidation sites excluding steroid dienone is 10. The Morgan fingerprint density at radius 3 is 1.19 bits per heavy atom. The van der Waals surface area contributed by atoms with Gasteiger partial charge < -0.3 is 0 Å². The second-order valence-electron chi connectivity index (χ2n) is 3.59. The first kappa shape index (κ1) is 12.7. The van der Waals surface area contributed by atoms with Crippen molar-refractivity contribution in [3.05, 3.63) is 59.8 Å². The van der Waals surface area contributed by atoms with Crippen LogP contribution in [0.5, 0.6) is 0 Å². The van der Waals surface area contributed by atoms with E-state index in [1.165, 1.54) is 0 Å². The molecule has 0 N–H and O–H groups in total. The van der Waals surface area contributed by atoms with Crippen LogP contribution in [-0.2, 0) is 0 Å². The summed E-state index contributed by atoms with van der Waals surface area (Å²) in [6.07, 6.45) is 15.5. The molecule has 84 valence electrons. The van der Waals surface area contributed by atoms with Crippen molar-refractivity contribution in [2.75, 3.05) is 0 Å². The van der Waals surface area contributed by atoms with Crippen molar-refractivity contribution in [1.82, 2.24) is 0 Å². The molecule has 0 radical (unpaired) electrons. The molecule has 0 atom stereocenters. The van der Waals surface area contributed by atoms with Crippen molar-refractivity contribution in [3.8, 4) is 0 Å². The van der Waals surface area contributed by atoms with Gasteiger partial charge in [0.15, 0.2) is 0 Å². The lowest BCUT2D eigenvalue weighted by Gasteiger charge is -2.18. The van der Waals surface area contributed by atoms with Gasteiger partial charge in [-0.15, -0.1) is 0 Å². The molecule has 0 aromatic heterocycles. The second-order valence-corrected chi connectivity index (χ2v) is 8.38. The number of hydrogen-bond donors (Lipinski definition) is 0. The summed E-state index contributed by atoms with van der Waals surface area (Å²) < 4.78 is -1.10. The molecular formula is C12H8Br2Cl2. The summed E-state index contributed by atoms with van der Waals surface area (Å²) in [4.78, 5) is 0. The van der Waals surface area contributed by atoms with Crippen molar-refractivity contribution in [2.45, 2.75) is 7.57 Å². The summed E-state index contributed by atoms with van der Waals surface area (Å²) in [7, 11) is 0. The van der Waals surface area contributed by atoms with Gasteiger partial charge in [-0.25, -0.2) is 0 Å². The Labute approximate surface area is 122 Å². The SMILES string of the molecule is ClC1(Br)C=CC(=C2C=CC(Cl)(Br)C=C2)C=C1. The predicted molar refractivity (Wildman–Crippen MR) is 78.6 cm³/mol. The monoisotopic (exact) mass is 380 g/mol. The second kappa shape index (κ2) is 4.49. The summed E-state index contributed by atoms with van der Waals surface area (Å²) in [6, 6.07) is 0. The molecule has 0 aliphatic heterocycles. The first-order chi connectivity index (χ1) is 7.38. The van der Waals surface area contributed by atoms with Crippen LogP contribution in [0.25, 0.3) is 0 Å². The van der Waals surface area contributed by atoms with Gasteiger partial charge in [-0.3, -0.25) is 0 Å². The molecule has 0 heterocycles. The van der Waals surface area contributed by atoms with Gasteiger partial charge in [-0.05, 0) is 35.5 Å². The van der Waals surface area contributed by atoms with Gasteiger partial charge in [-0.2, -0.15) is 0 Å². The van der Waals surface area contributed by atoms with E-state index in [-0.39, 0.29) is 0 Å². The molecule has 0 saturated heterocycles. The van der Waals surface area contributed by atoms with Gasteiger partial charge in [0.2, 0.25) is 0 Å². The Bertz CT molecular complexity index is 374. The zero-order chi connectivity index (χ0) is 11.8. The number of halogens is 4. The minimum atomic E-state index is -0.551. The highest BCUT2D eigenvalue weighted by Crippen LogP contribution is 2.35. The molecular weight excluding hydrogens is 375 g/mol. The maximum Gasteiger partial charge on any atom is 0.136 e. The molecule has 2 rings (SSSR count). The van der Waals surface area contributed by atoms with Gasteiger partial charge in [0.25, 0.3) is 0 Å². The minimum absolute atomic E-state index is 0.551. The third-order valence-electron chi connectivity index (χ3n) is 2.27. The summed E-state index contributed by atoms with van der Waals surface area (Å²) in [5, 5.41) is 0. The van der Waals surface area contributed by atoms with Gasteiger partial charge in [0, 0.05) is 0 Å². The molecule has 0 spiro atoms. The van der Waals surface area contributed by atoms with E-state index in [2.05, 4.69) is 31.9 Å². The summed E-state index contributed by atoms with van der Waals surface area (Å²) in [5.41, 5.74) is 2.23. The Balaban J connectivity index is 2.28. The van der Waals surface area contributed by atoms with Crippen LogP contribution in [0.15, 0.2) is 59.8 Å². The molecule has 0 aromatic carbocycles. The zero-order valence-electron chi connectivity index (χ0n) is 8.13. The molecule has 2 aliphatic rings. The van der Waals surface area contributed by atoms with Crippen LogP contribution in [-0.4, -0.2) is 7.57 Å².